The van der Waals surface area contributed by atoms with Gasteiger partial charge in [0, 0.05) is 44.6 Å². The van der Waals surface area contributed by atoms with Crippen LogP contribution >= 0.6 is 0 Å². The average Bonchev–Trinajstić information content (AvgIpc) is 2.57. The first kappa shape index (κ1) is 16.5. The number of piperazine rings is 1. The summed E-state index contributed by atoms with van der Waals surface area (Å²) in [5, 5.41) is 0.450. The number of anilines is 1. The molecule has 6 heteroatoms. The van der Waals surface area contributed by atoms with E-state index in [1.54, 1.807) is 17.2 Å². The second-order valence-corrected chi connectivity index (χ2v) is 6.40. The summed E-state index contributed by atoms with van der Waals surface area (Å²) >= 11 is 0. The highest BCUT2D eigenvalue weighted by Gasteiger charge is 2.24. The second kappa shape index (κ2) is 6.65. The van der Waals surface area contributed by atoms with Crippen LogP contribution in [0, 0.1) is 0 Å². The molecule has 0 atom stereocenters. The van der Waals surface area contributed by atoms with Crippen LogP contribution in [0.15, 0.2) is 29.2 Å². The summed E-state index contributed by atoms with van der Waals surface area (Å²) in [6.45, 7) is 5.74. The van der Waals surface area contributed by atoms with E-state index in [4.69, 9.17) is 5.73 Å². The van der Waals surface area contributed by atoms with E-state index in [-0.39, 0.29) is 16.9 Å². The number of aromatic nitrogens is 1. The smallest absolute Gasteiger partial charge is 0.259 e. The Hall–Kier alpha value is -2.34. The number of aryl methyl sites for hydroxylation is 1. The lowest BCUT2D eigenvalue weighted by Gasteiger charge is -2.32. The fourth-order valence-corrected chi connectivity index (χ4v) is 3.22. The number of nitrogens with zero attached hydrogens (tertiary/aromatic N) is 3. The molecule has 6 nitrogen and oxygen atoms in total. The Morgan fingerprint density at radius 3 is 2.58 bits per heavy atom. The number of carbonyl (C=O) groups is 1. The lowest BCUT2D eigenvalue weighted by atomic mass is 10.1. The number of benzene rings is 1. The zero-order valence-corrected chi connectivity index (χ0v) is 14.3. The van der Waals surface area contributed by atoms with Gasteiger partial charge in [-0.1, -0.05) is 13.0 Å². The Labute approximate surface area is 141 Å². The maximum absolute atomic E-state index is 12.9. The van der Waals surface area contributed by atoms with Crippen LogP contribution in [0.4, 0.5) is 5.69 Å². The number of amides is 1. The summed E-state index contributed by atoms with van der Waals surface area (Å²) < 4.78 is 1.97. The number of nitrogens with two attached hydrogens (primary N) is 1. The van der Waals surface area contributed by atoms with E-state index in [0.29, 0.717) is 24.2 Å². The van der Waals surface area contributed by atoms with Crippen LogP contribution in [0.25, 0.3) is 10.9 Å². The summed E-state index contributed by atoms with van der Waals surface area (Å²) in [5.74, 6) is -0.192. The number of fused-ring (bicyclic) bond motifs is 1. The van der Waals surface area contributed by atoms with Gasteiger partial charge < -0.3 is 20.1 Å². The molecule has 24 heavy (non-hydrogen) atoms. The van der Waals surface area contributed by atoms with Crippen molar-refractivity contribution in [3.63, 3.8) is 0 Å². The van der Waals surface area contributed by atoms with Crippen LogP contribution < -0.4 is 11.2 Å². The Bertz CT molecular complexity index is 820. The number of carbonyl (C=O) groups excluding carboxylic acids is 1. The van der Waals surface area contributed by atoms with Crippen molar-refractivity contribution in [1.82, 2.24) is 14.4 Å². The first-order valence-electron chi connectivity index (χ1n) is 8.42. The van der Waals surface area contributed by atoms with E-state index in [9.17, 15) is 9.59 Å². The van der Waals surface area contributed by atoms with E-state index >= 15 is 0 Å². The Balaban J connectivity index is 2.11. The molecule has 2 aromatic rings. The minimum absolute atomic E-state index is 0.192. The van der Waals surface area contributed by atoms with Crippen LogP contribution in [-0.4, -0.2) is 53.5 Å². The summed E-state index contributed by atoms with van der Waals surface area (Å²) in [7, 11) is 2.03. The molecule has 3 rings (SSSR count). The van der Waals surface area contributed by atoms with Gasteiger partial charge in [-0.3, -0.25) is 9.59 Å². The maximum Gasteiger partial charge on any atom is 0.259 e. The molecular formula is C18H24N4O2. The van der Waals surface area contributed by atoms with E-state index < -0.39 is 0 Å². The Kier molecular flexibility index (Phi) is 4.57. The fraction of sp³-hybridized carbons (Fsp3) is 0.444. The fourth-order valence-electron chi connectivity index (χ4n) is 3.22. The van der Waals surface area contributed by atoms with Gasteiger partial charge >= 0.3 is 0 Å². The van der Waals surface area contributed by atoms with Crippen LogP contribution in [0.1, 0.15) is 23.7 Å². The monoisotopic (exact) mass is 328 g/mol. The van der Waals surface area contributed by atoms with Gasteiger partial charge in [-0.25, -0.2) is 0 Å². The number of nitrogen functional groups attached to an aromatic ring is 1. The van der Waals surface area contributed by atoms with Gasteiger partial charge in [-0.05, 0) is 25.6 Å². The molecule has 1 aromatic carbocycles. The molecule has 0 aliphatic carbocycles. The number of hydrogen-bond acceptors (Lipinski definition) is 4. The molecule has 0 saturated carbocycles. The van der Waals surface area contributed by atoms with Crippen molar-refractivity contribution in [2.24, 2.45) is 0 Å². The van der Waals surface area contributed by atoms with E-state index in [1.165, 1.54) is 0 Å². The van der Waals surface area contributed by atoms with Gasteiger partial charge in [-0.2, -0.15) is 0 Å². The molecule has 1 aliphatic rings. The van der Waals surface area contributed by atoms with E-state index in [2.05, 4.69) is 11.8 Å². The van der Waals surface area contributed by atoms with Crippen molar-refractivity contribution in [2.45, 2.75) is 19.9 Å². The molecule has 1 saturated heterocycles. The average molecular weight is 328 g/mol. The van der Waals surface area contributed by atoms with Gasteiger partial charge in [0.05, 0.1) is 10.9 Å². The lowest BCUT2D eigenvalue weighted by Crippen LogP contribution is -2.48. The minimum atomic E-state index is -0.264. The standard InChI is InChI=1S/C18H24N4O2/c1-3-7-22-12-13(18(24)21-10-8-20(2)9-11-21)17(23)16-14(19)5-4-6-15(16)22/h4-6,12H,3,7-11,19H2,1-2H3. The summed E-state index contributed by atoms with van der Waals surface area (Å²) in [4.78, 5) is 29.7. The molecule has 0 unspecified atom stereocenters. The highest BCUT2D eigenvalue weighted by molar-refractivity contribution is 6.00. The highest BCUT2D eigenvalue weighted by atomic mass is 16.2. The first-order valence-corrected chi connectivity index (χ1v) is 8.42. The molecule has 1 amide bonds. The normalized spacial score (nSPS) is 15.8. The lowest BCUT2D eigenvalue weighted by molar-refractivity contribution is 0.0662. The zero-order valence-electron chi connectivity index (χ0n) is 14.3. The third-order valence-electron chi connectivity index (χ3n) is 4.63. The van der Waals surface area contributed by atoms with Crippen LogP contribution in [0.3, 0.4) is 0 Å². The van der Waals surface area contributed by atoms with Gasteiger partial charge in [0.2, 0.25) is 5.43 Å². The molecule has 0 bridgehead atoms. The minimum Gasteiger partial charge on any atom is -0.398 e. The van der Waals surface area contributed by atoms with Gasteiger partial charge in [0.15, 0.2) is 0 Å². The third kappa shape index (κ3) is 2.89. The van der Waals surface area contributed by atoms with Crippen molar-refractivity contribution in [3.05, 3.63) is 40.2 Å². The van der Waals surface area contributed by atoms with E-state index in [0.717, 1.165) is 31.6 Å². The molecule has 1 aliphatic heterocycles. The second-order valence-electron chi connectivity index (χ2n) is 6.40. The van der Waals surface area contributed by atoms with Crippen molar-refractivity contribution in [3.8, 4) is 0 Å². The molecule has 2 N–H and O–H groups in total. The predicted octanol–water partition coefficient (Wildman–Crippen LogP) is 1.38. The van der Waals surface area contributed by atoms with Gasteiger partial charge in [0.25, 0.3) is 5.91 Å². The first-order chi connectivity index (χ1) is 11.5. The van der Waals surface area contributed by atoms with Crippen molar-refractivity contribution >= 4 is 22.5 Å². The van der Waals surface area contributed by atoms with Gasteiger partial charge in [0.1, 0.15) is 5.56 Å². The predicted molar refractivity (Wildman–Crippen MR) is 96.3 cm³/mol. The number of pyridine rings is 1. The quantitative estimate of drug-likeness (QED) is 0.864. The topological polar surface area (TPSA) is 71.6 Å². The SMILES string of the molecule is CCCn1cc(C(=O)N2CCN(C)CC2)c(=O)c2c(N)cccc21. The molecule has 2 heterocycles. The largest absolute Gasteiger partial charge is 0.398 e. The Morgan fingerprint density at radius 2 is 1.92 bits per heavy atom. The molecule has 1 fully saturated rings. The molecule has 1 aromatic heterocycles. The number of likely N-dealkylation sites (N-methyl/N-ethyl adjacent to an activating group) is 1. The molecular weight excluding hydrogens is 304 g/mol. The van der Waals surface area contributed by atoms with Crippen LogP contribution in [0.2, 0.25) is 0 Å². The van der Waals surface area contributed by atoms with Crippen molar-refractivity contribution < 1.29 is 4.79 Å². The zero-order chi connectivity index (χ0) is 17.3. The summed E-state index contributed by atoms with van der Waals surface area (Å²) in [6.07, 6.45) is 2.61. The summed E-state index contributed by atoms with van der Waals surface area (Å²) in [6, 6.07) is 5.43. The van der Waals surface area contributed by atoms with Crippen LogP contribution in [-0.2, 0) is 6.54 Å². The number of rotatable bonds is 3. The highest BCUT2D eigenvalue weighted by Crippen LogP contribution is 2.19. The Morgan fingerprint density at radius 1 is 1.21 bits per heavy atom. The number of hydrogen-bond donors (Lipinski definition) is 1. The van der Waals surface area contributed by atoms with E-state index in [1.807, 2.05) is 23.7 Å². The molecule has 0 radical (unpaired) electrons. The maximum atomic E-state index is 12.9. The third-order valence-corrected chi connectivity index (χ3v) is 4.63. The summed E-state index contributed by atoms with van der Waals surface area (Å²) in [5.41, 5.74) is 7.21. The van der Waals surface area contributed by atoms with Crippen molar-refractivity contribution in [1.29, 1.82) is 0 Å². The van der Waals surface area contributed by atoms with Gasteiger partial charge in [-0.15, -0.1) is 0 Å². The van der Waals surface area contributed by atoms with Crippen LogP contribution in [0.5, 0.6) is 0 Å². The molecule has 0 spiro atoms. The van der Waals surface area contributed by atoms with Crippen molar-refractivity contribution in [2.75, 3.05) is 39.0 Å². The molecule has 128 valence electrons.